The first-order valence-electron chi connectivity index (χ1n) is 13.4. The number of benzene rings is 1. The minimum Gasteiger partial charge on any atom is -0.391 e. The molecule has 1 aromatic heterocycles. The van der Waals surface area contributed by atoms with Crippen LogP contribution in [0.2, 0.25) is 0 Å². The number of amides is 3. The third-order valence-electron chi connectivity index (χ3n) is 7.70. The lowest BCUT2D eigenvalue weighted by Crippen LogP contribution is -2.58. The van der Waals surface area contributed by atoms with E-state index in [0.717, 1.165) is 21.7 Å². The topological polar surface area (TPSA) is 135 Å². The Morgan fingerprint density at radius 3 is 2.41 bits per heavy atom. The second-order valence-electron chi connectivity index (χ2n) is 11.7. The number of thiazole rings is 1. The molecule has 1 aliphatic carbocycles. The van der Waals surface area contributed by atoms with Gasteiger partial charge in [0.1, 0.15) is 17.5 Å². The molecular weight excluding hydrogens is 514 g/mol. The van der Waals surface area contributed by atoms with E-state index in [1.807, 2.05) is 64.4 Å². The van der Waals surface area contributed by atoms with Crippen LogP contribution in [0.5, 0.6) is 0 Å². The number of nitrogens with zero attached hydrogens (tertiary/aromatic N) is 3. The number of carbonyl (C=O) groups is 3. The number of aromatic nitrogens is 1. The van der Waals surface area contributed by atoms with E-state index in [0.29, 0.717) is 19.3 Å². The fourth-order valence-electron chi connectivity index (χ4n) is 5.04. The number of aryl methyl sites for hydroxylation is 1. The highest BCUT2D eigenvalue weighted by Gasteiger charge is 2.53. The van der Waals surface area contributed by atoms with E-state index in [4.69, 9.17) is 0 Å². The highest BCUT2D eigenvalue weighted by atomic mass is 32.1. The molecule has 3 N–H and O–H groups in total. The number of aliphatic hydroxyl groups excluding tert-OH is 1. The number of hydrogen-bond acceptors (Lipinski definition) is 7. The number of likely N-dealkylation sites (tertiary alicyclic amines) is 1. The predicted molar refractivity (Wildman–Crippen MR) is 148 cm³/mol. The Balaban J connectivity index is 1.49. The molecule has 2 aliphatic rings. The van der Waals surface area contributed by atoms with Crippen molar-refractivity contribution in [3.8, 4) is 16.5 Å². The number of nitriles is 1. The van der Waals surface area contributed by atoms with E-state index in [1.54, 1.807) is 11.3 Å². The molecular formula is C29H37N5O4S. The van der Waals surface area contributed by atoms with Gasteiger partial charge in [-0.2, -0.15) is 5.26 Å². The highest BCUT2D eigenvalue weighted by molar-refractivity contribution is 7.13. The standard InChI is InChI=1S/C29H37N5O4S/c1-6-21(18-7-9-19(10-8-18)23-17(2)31-16-39-23)32-25(36)22-13-20(35)14-34(22)26(37)24(28(3,4)5)33-27(38)29(15-30)11-12-29/h7-10,16,20-22,24,35H,6,11-14H2,1-5H3,(H,32,36)(H,33,38)/t20?,21?,22-,24?/m0/s1. The quantitative estimate of drug-likeness (QED) is 0.460. The Morgan fingerprint density at radius 1 is 1.23 bits per heavy atom. The molecule has 9 nitrogen and oxygen atoms in total. The van der Waals surface area contributed by atoms with Crippen molar-refractivity contribution in [2.24, 2.45) is 10.8 Å². The van der Waals surface area contributed by atoms with Crippen LogP contribution in [0, 0.1) is 29.1 Å². The summed E-state index contributed by atoms with van der Waals surface area (Å²) in [6.07, 6.45) is 0.848. The Hall–Kier alpha value is -3.29. The molecule has 39 heavy (non-hydrogen) atoms. The molecule has 1 saturated carbocycles. The van der Waals surface area contributed by atoms with Crippen molar-refractivity contribution in [1.29, 1.82) is 5.26 Å². The van der Waals surface area contributed by atoms with Gasteiger partial charge in [0.25, 0.3) is 0 Å². The summed E-state index contributed by atoms with van der Waals surface area (Å²) < 4.78 is 0. The van der Waals surface area contributed by atoms with Crippen LogP contribution in [0.15, 0.2) is 29.8 Å². The van der Waals surface area contributed by atoms with E-state index in [9.17, 15) is 24.8 Å². The largest absolute Gasteiger partial charge is 0.391 e. The van der Waals surface area contributed by atoms with Crippen molar-refractivity contribution in [3.05, 3.63) is 41.0 Å². The monoisotopic (exact) mass is 551 g/mol. The van der Waals surface area contributed by atoms with Crippen LogP contribution < -0.4 is 10.6 Å². The zero-order valence-corrected chi connectivity index (χ0v) is 24.0. The number of aliphatic hydroxyl groups is 1. The van der Waals surface area contributed by atoms with Crippen LogP contribution in [0.4, 0.5) is 0 Å². The summed E-state index contributed by atoms with van der Waals surface area (Å²) in [4.78, 5) is 46.9. The van der Waals surface area contributed by atoms with E-state index in [2.05, 4.69) is 21.7 Å². The van der Waals surface area contributed by atoms with Gasteiger partial charge in [0.15, 0.2) is 0 Å². The molecule has 10 heteroatoms. The Labute approximate surface area is 233 Å². The van der Waals surface area contributed by atoms with Crippen LogP contribution in [0.3, 0.4) is 0 Å². The van der Waals surface area contributed by atoms with E-state index in [1.165, 1.54) is 4.90 Å². The summed E-state index contributed by atoms with van der Waals surface area (Å²) in [5, 5.41) is 25.7. The normalized spacial score (nSPS) is 21.5. The van der Waals surface area contributed by atoms with Crippen LogP contribution in [-0.4, -0.2) is 57.4 Å². The maximum atomic E-state index is 13.8. The average molecular weight is 552 g/mol. The third kappa shape index (κ3) is 5.99. The van der Waals surface area contributed by atoms with Gasteiger partial charge in [0.05, 0.1) is 34.3 Å². The van der Waals surface area contributed by atoms with E-state index in [-0.39, 0.29) is 24.9 Å². The molecule has 4 atom stereocenters. The van der Waals surface area contributed by atoms with Gasteiger partial charge >= 0.3 is 0 Å². The molecule has 1 aromatic carbocycles. The van der Waals surface area contributed by atoms with Gasteiger partial charge in [-0.25, -0.2) is 4.98 Å². The van der Waals surface area contributed by atoms with Gasteiger partial charge in [0.2, 0.25) is 17.7 Å². The second kappa shape index (κ2) is 11.1. The van der Waals surface area contributed by atoms with Crippen LogP contribution >= 0.6 is 11.3 Å². The zero-order valence-electron chi connectivity index (χ0n) is 23.2. The summed E-state index contributed by atoms with van der Waals surface area (Å²) in [6, 6.07) is 8.00. The van der Waals surface area contributed by atoms with Gasteiger partial charge in [0, 0.05) is 13.0 Å². The summed E-state index contributed by atoms with van der Waals surface area (Å²) in [5.41, 5.74) is 3.06. The molecule has 2 fully saturated rings. The molecule has 3 unspecified atom stereocenters. The predicted octanol–water partition coefficient (Wildman–Crippen LogP) is 3.48. The van der Waals surface area contributed by atoms with Crippen molar-refractivity contribution in [2.75, 3.05) is 6.54 Å². The molecule has 0 spiro atoms. The third-order valence-corrected chi connectivity index (χ3v) is 8.67. The number of rotatable bonds is 8. The summed E-state index contributed by atoms with van der Waals surface area (Å²) >= 11 is 1.58. The number of β-amino-alcohol motifs (C(OH)–C–C–N with tert-alkyl or cyclic N) is 1. The summed E-state index contributed by atoms with van der Waals surface area (Å²) in [7, 11) is 0. The molecule has 0 radical (unpaired) electrons. The molecule has 0 bridgehead atoms. The minimum atomic E-state index is -1.08. The maximum Gasteiger partial charge on any atom is 0.246 e. The Bertz CT molecular complexity index is 1270. The fraction of sp³-hybridized carbons (Fsp3) is 0.552. The second-order valence-corrected chi connectivity index (χ2v) is 12.6. The molecule has 2 heterocycles. The van der Waals surface area contributed by atoms with Crippen LogP contribution in [-0.2, 0) is 14.4 Å². The molecule has 4 rings (SSSR count). The lowest BCUT2D eigenvalue weighted by atomic mass is 9.85. The lowest BCUT2D eigenvalue weighted by molar-refractivity contribution is -0.144. The Morgan fingerprint density at radius 2 is 1.90 bits per heavy atom. The van der Waals surface area contributed by atoms with Crippen molar-refractivity contribution in [2.45, 2.75) is 84.5 Å². The minimum absolute atomic E-state index is 0.00243. The molecule has 1 saturated heterocycles. The molecule has 2 aromatic rings. The maximum absolute atomic E-state index is 13.8. The van der Waals surface area contributed by atoms with E-state index < -0.39 is 40.8 Å². The molecule has 208 valence electrons. The van der Waals surface area contributed by atoms with Gasteiger partial charge in [-0.1, -0.05) is 52.0 Å². The highest BCUT2D eigenvalue weighted by Crippen LogP contribution is 2.45. The first-order chi connectivity index (χ1) is 18.4. The number of carbonyl (C=O) groups excluding carboxylic acids is 3. The van der Waals surface area contributed by atoms with Gasteiger partial charge in [-0.3, -0.25) is 14.4 Å². The Kier molecular flexibility index (Phi) is 8.14. The zero-order chi connectivity index (χ0) is 28.5. The van der Waals surface area contributed by atoms with Gasteiger partial charge in [-0.15, -0.1) is 11.3 Å². The first-order valence-corrected chi connectivity index (χ1v) is 14.3. The van der Waals surface area contributed by atoms with Crippen LogP contribution in [0.25, 0.3) is 10.4 Å². The van der Waals surface area contributed by atoms with Gasteiger partial charge in [-0.05, 0) is 42.7 Å². The van der Waals surface area contributed by atoms with Gasteiger partial charge < -0.3 is 20.6 Å². The molecule has 1 aliphatic heterocycles. The van der Waals surface area contributed by atoms with Crippen molar-refractivity contribution in [3.63, 3.8) is 0 Å². The van der Waals surface area contributed by atoms with Crippen molar-refractivity contribution < 1.29 is 19.5 Å². The summed E-state index contributed by atoms with van der Waals surface area (Å²) in [5.74, 6) is -1.23. The average Bonchev–Trinajstić information content (AvgIpc) is 3.44. The SMILES string of the molecule is CCC(NC(=O)[C@@H]1CC(O)CN1C(=O)C(NC(=O)C1(C#N)CC1)C(C)(C)C)c1ccc(-c2scnc2C)cc1. The van der Waals surface area contributed by atoms with E-state index >= 15 is 0 Å². The number of hydrogen-bond donors (Lipinski definition) is 3. The number of nitrogens with one attached hydrogen (secondary N) is 2. The summed E-state index contributed by atoms with van der Waals surface area (Å²) in [6.45, 7) is 9.44. The van der Waals surface area contributed by atoms with Crippen LogP contribution in [0.1, 0.15) is 70.7 Å². The lowest BCUT2D eigenvalue weighted by Gasteiger charge is -2.36. The first kappa shape index (κ1) is 28.7. The molecule has 3 amide bonds. The van der Waals surface area contributed by atoms with Crippen molar-refractivity contribution in [1.82, 2.24) is 20.5 Å². The smallest absolute Gasteiger partial charge is 0.246 e. The van der Waals surface area contributed by atoms with Crippen molar-refractivity contribution >= 4 is 29.1 Å². The fourth-order valence-corrected chi connectivity index (χ4v) is 5.85.